The molecule has 0 unspecified atom stereocenters. The zero-order chi connectivity index (χ0) is 23.9. The summed E-state index contributed by atoms with van der Waals surface area (Å²) in [6, 6.07) is 32.0. The van der Waals surface area contributed by atoms with Gasteiger partial charge in [-0.25, -0.2) is 5.01 Å². The van der Waals surface area contributed by atoms with E-state index in [2.05, 4.69) is 58.5 Å². The van der Waals surface area contributed by atoms with Crippen LogP contribution in [0, 0.1) is 6.92 Å². The van der Waals surface area contributed by atoms with Crippen molar-refractivity contribution in [3.05, 3.63) is 119 Å². The van der Waals surface area contributed by atoms with Gasteiger partial charge in [-0.15, -0.1) is 0 Å². The number of benzene rings is 4. The fraction of sp³-hybridized carbons (Fsp3) is 0.0667. The highest BCUT2D eigenvalue weighted by Crippen LogP contribution is 2.31. The Kier molecular flexibility index (Phi) is 4.96. The van der Waals surface area contributed by atoms with E-state index in [-0.39, 0.29) is 11.5 Å². The number of hydrogen-bond acceptors (Lipinski definition) is 2. The number of anilines is 1. The molecule has 6 rings (SSSR count). The molecule has 170 valence electrons. The molecule has 1 N–H and O–H groups in total. The quantitative estimate of drug-likeness (QED) is 0.282. The molecule has 0 aliphatic carbocycles. The van der Waals surface area contributed by atoms with Gasteiger partial charge in [0.05, 0.1) is 5.69 Å². The third-order valence-electron chi connectivity index (χ3n) is 6.68. The van der Waals surface area contributed by atoms with Gasteiger partial charge in [0.2, 0.25) is 0 Å². The SMILES string of the molecule is Cc1c(/C=C2/C(=O)NN(c3ccccc3)C2=O)c2ccccc2n1Cc1cccc2ccccc12. The van der Waals surface area contributed by atoms with Crippen molar-refractivity contribution in [2.45, 2.75) is 13.5 Å². The molecular weight excluding hydrogens is 434 g/mol. The largest absolute Gasteiger partial charge is 0.340 e. The molecule has 1 saturated heterocycles. The lowest BCUT2D eigenvalue weighted by Gasteiger charge is -2.13. The van der Waals surface area contributed by atoms with E-state index in [1.54, 1.807) is 18.2 Å². The number of hydrazine groups is 1. The molecule has 35 heavy (non-hydrogen) atoms. The van der Waals surface area contributed by atoms with Gasteiger partial charge >= 0.3 is 0 Å². The Balaban J connectivity index is 1.46. The summed E-state index contributed by atoms with van der Waals surface area (Å²) >= 11 is 0. The molecule has 5 aromatic rings. The molecule has 2 heterocycles. The fourth-order valence-electron chi connectivity index (χ4n) is 4.91. The molecule has 0 spiro atoms. The van der Waals surface area contributed by atoms with Crippen molar-refractivity contribution in [2.24, 2.45) is 0 Å². The van der Waals surface area contributed by atoms with Crippen molar-refractivity contribution < 1.29 is 9.59 Å². The smallest absolute Gasteiger partial charge is 0.282 e. The summed E-state index contributed by atoms with van der Waals surface area (Å²) in [5.74, 6) is -0.754. The van der Waals surface area contributed by atoms with E-state index in [1.165, 1.54) is 21.3 Å². The van der Waals surface area contributed by atoms with Crippen LogP contribution in [0.2, 0.25) is 0 Å². The average molecular weight is 458 g/mol. The number of amides is 2. The molecule has 4 aromatic carbocycles. The van der Waals surface area contributed by atoms with Crippen LogP contribution in [0.15, 0.2) is 103 Å². The summed E-state index contributed by atoms with van der Waals surface area (Å²) in [6.07, 6.45) is 1.73. The third-order valence-corrected chi connectivity index (χ3v) is 6.68. The summed E-state index contributed by atoms with van der Waals surface area (Å²) in [6.45, 7) is 2.73. The Bertz CT molecular complexity index is 1640. The van der Waals surface area contributed by atoms with Gasteiger partial charge in [0.25, 0.3) is 11.8 Å². The van der Waals surface area contributed by atoms with Crippen LogP contribution in [0.4, 0.5) is 5.69 Å². The van der Waals surface area contributed by atoms with Crippen molar-refractivity contribution in [1.29, 1.82) is 0 Å². The highest BCUT2D eigenvalue weighted by Gasteiger charge is 2.34. The second kappa shape index (κ2) is 8.29. The first-order chi connectivity index (χ1) is 17.1. The number of para-hydroxylation sites is 2. The maximum absolute atomic E-state index is 13.2. The van der Waals surface area contributed by atoms with Crippen molar-refractivity contribution >= 4 is 45.3 Å². The van der Waals surface area contributed by atoms with E-state index in [0.29, 0.717) is 12.2 Å². The Hall–Kier alpha value is -4.64. The minimum absolute atomic E-state index is 0.130. The number of carbonyl (C=O) groups is 2. The van der Waals surface area contributed by atoms with Gasteiger partial charge in [-0.1, -0.05) is 78.9 Å². The Morgan fingerprint density at radius 3 is 2.29 bits per heavy atom. The number of hydrogen-bond donors (Lipinski definition) is 1. The highest BCUT2D eigenvalue weighted by molar-refractivity contribution is 6.32. The van der Waals surface area contributed by atoms with E-state index in [9.17, 15) is 9.59 Å². The summed E-state index contributed by atoms with van der Waals surface area (Å²) in [5.41, 5.74) is 7.63. The molecule has 5 nitrogen and oxygen atoms in total. The number of aromatic nitrogens is 1. The summed E-state index contributed by atoms with van der Waals surface area (Å²) in [7, 11) is 0. The van der Waals surface area contributed by atoms with Crippen molar-refractivity contribution in [1.82, 2.24) is 9.99 Å². The zero-order valence-corrected chi connectivity index (χ0v) is 19.2. The van der Waals surface area contributed by atoms with Gasteiger partial charge in [-0.3, -0.25) is 15.0 Å². The van der Waals surface area contributed by atoms with E-state index in [0.717, 1.165) is 22.2 Å². The van der Waals surface area contributed by atoms with E-state index in [4.69, 9.17) is 0 Å². The predicted octanol–water partition coefficient (Wildman–Crippen LogP) is 5.61. The van der Waals surface area contributed by atoms with Gasteiger partial charge in [-0.2, -0.15) is 0 Å². The lowest BCUT2D eigenvalue weighted by molar-refractivity contribution is -0.117. The second-order valence-corrected chi connectivity index (χ2v) is 8.72. The van der Waals surface area contributed by atoms with E-state index < -0.39 is 5.91 Å². The molecule has 0 radical (unpaired) electrons. The minimum atomic E-state index is -0.399. The fourth-order valence-corrected chi connectivity index (χ4v) is 4.91. The normalized spacial score (nSPS) is 14.9. The Labute approximate surface area is 202 Å². The monoisotopic (exact) mass is 457 g/mol. The molecular formula is C30H23N3O2. The number of nitrogens with one attached hydrogen (secondary N) is 1. The van der Waals surface area contributed by atoms with E-state index >= 15 is 0 Å². The lowest BCUT2D eigenvalue weighted by atomic mass is 10.0. The Morgan fingerprint density at radius 2 is 1.46 bits per heavy atom. The van der Waals surface area contributed by atoms with Gasteiger partial charge in [0, 0.05) is 28.7 Å². The molecule has 1 aliphatic heterocycles. The van der Waals surface area contributed by atoms with Crippen LogP contribution in [-0.4, -0.2) is 16.4 Å². The summed E-state index contributed by atoms with van der Waals surface area (Å²) < 4.78 is 2.26. The standard InChI is InChI=1S/C30H23N3O2/c1-20-26(18-27-29(34)31-33(30(27)35)23-13-3-2-4-14-23)25-16-7-8-17-28(25)32(20)19-22-12-9-11-21-10-5-6-15-24(21)22/h2-18H,19H2,1H3,(H,31,34)/b27-18-. The van der Waals surface area contributed by atoms with Crippen LogP contribution >= 0.6 is 0 Å². The molecule has 1 aromatic heterocycles. The number of fused-ring (bicyclic) bond motifs is 2. The van der Waals surface area contributed by atoms with Crippen LogP contribution in [0.5, 0.6) is 0 Å². The van der Waals surface area contributed by atoms with E-state index in [1.807, 2.05) is 43.3 Å². The summed E-state index contributed by atoms with van der Waals surface area (Å²) in [4.78, 5) is 26.0. The van der Waals surface area contributed by atoms with Crippen LogP contribution in [-0.2, 0) is 16.1 Å². The van der Waals surface area contributed by atoms with Gasteiger partial charge in [0.1, 0.15) is 5.57 Å². The highest BCUT2D eigenvalue weighted by atomic mass is 16.2. The molecule has 2 amide bonds. The molecule has 1 aliphatic rings. The molecule has 0 saturated carbocycles. The first kappa shape index (κ1) is 20.9. The van der Waals surface area contributed by atoms with Crippen molar-refractivity contribution in [3.63, 3.8) is 0 Å². The molecule has 0 atom stereocenters. The van der Waals surface area contributed by atoms with Crippen LogP contribution in [0.1, 0.15) is 16.8 Å². The number of nitrogens with zero attached hydrogens (tertiary/aromatic N) is 2. The minimum Gasteiger partial charge on any atom is -0.340 e. The molecule has 1 fully saturated rings. The third kappa shape index (κ3) is 3.49. The van der Waals surface area contributed by atoms with Crippen LogP contribution < -0.4 is 10.4 Å². The van der Waals surface area contributed by atoms with Crippen LogP contribution in [0.3, 0.4) is 0 Å². The van der Waals surface area contributed by atoms with Gasteiger partial charge < -0.3 is 4.57 Å². The first-order valence-electron chi connectivity index (χ1n) is 11.6. The van der Waals surface area contributed by atoms with Gasteiger partial charge in [-0.05, 0) is 47.5 Å². The predicted molar refractivity (Wildman–Crippen MR) is 140 cm³/mol. The first-order valence-corrected chi connectivity index (χ1v) is 11.6. The van der Waals surface area contributed by atoms with Crippen molar-refractivity contribution in [2.75, 3.05) is 5.01 Å². The average Bonchev–Trinajstić information content (AvgIpc) is 3.33. The topological polar surface area (TPSA) is 54.3 Å². The number of rotatable bonds is 4. The second-order valence-electron chi connectivity index (χ2n) is 8.72. The maximum atomic E-state index is 13.2. The molecule has 5 heteroatoms. The lowest BCUT2D eigenvalue weighted by Crippen LogP contribution is -2.35. The maximum Gasteiger partial charge on any atom is 0.282 e. The summed E-state index contributed by atoms with van der Waals surface area (Å²) in [5, 5.41) is 4.74. The Morgan fingerprint density at radius 1 is 0.771 bits per heavy atom. The zero-order valence-electron chi connectivity index (χ0n) is 19.2. The van der Waals surface area contributed by atoms with Crippen LogP contribution in [0.25, 0.3) is 27.8 Å². The van der Waals surface area contributed by atoms with Crippen molar-refractivity contribution in [3.8, 4) is 0 Å². The number of carbonyl (C=O) groups excluding carboxylic acids is 2. The van der Waals surface area contributed by atoms with Gasteiger partial charge in [0.15, 0.2) is 0 Å². The molecule has 0 bridgehead atoms.